The summed E-state index contributed by atoms with van der Waals surface area (Å²) in [6.45, 7) is 0.794. The van der Waals surface area contributed by atoms with Crippen LogP contribution in [0.2, 0.25) is 5.02 Å². The molecule has 21 heavy (non-hydrogen) atoms. The minimum absolute atomic E-state index is 0.0335. The van der Waals surface area contributed by atoms with E-state index in [-0.39, 0.29) is 11.5 Å². The van der Waals surface area contributed by atoms with Gasteiger partial charge in [0, 0.05) is 10.6 Å². The summed E-state index contributed by atoms with van der Waals surface area (Å²) in [7, 11) is -2.82. The van der Waals surface area contributed by atoms with Crippen molar-refractivity contribution in [3.8, 4) is 0 Å². The molecule has 0 amide bonds. The molecule has 1 heterocycles. The van der Waals surface area contributed by atoms with Crippen LogP contribution in [0.1, 0.15) is 37.7 Å². The van der Waals surface area contributed by atoms with Crippen molar-refractivity contribution in [1.82, 2.24) is 5.32 Å². The Hall–Kier alpha value is -0.580. The van der Waals surface area contributed by atoms with Crippen LogP contribution in [0, 0.1) is 5.92 Å². The van der Waals surface area contributed by atoms with Crippen molar-refractivity contribution in [1.29, 1.82) is 0 Å². The smallest absolute Gasteiger partial charge is 0.150 e. The zero-order valence-electron chi connectivity index (χ0n) is 12.1. The molecule has 2 fully saturated rings. The lowest BCUT2D eigenvalue weighted by Crippen LogP contribution is -2.50. The molecule has 0 unspecified atom stereocenters. The number of sulfone groups is 1. The van der Waals surface area contributed by atoms with Gasteiger partial charge in [0.25, 0.3) is 0 Å². The largest absolute Gasteiger partial charge is 0.307 e. The molecule has 1 aromatic rings. The molecule has 0 radical (unpaired) electrons. The van der Waals surface area contributed by atoms with Crippen LogP contribution in [0.25, 0.3) is 0 Å². The minimum atomic E-state index is -2.82. The van der Waals surface area contributed by atoms with Gasteiger partial charge in [0.05, 0.1) is 11.5 Å². The monoisotopic (exact) mass is 327 g/mol. The van der Waals surface area contributed by atoms with Gasteiger partial charge < -0.3 is 5.32 Å². The van der Waals surface area contributed by atoms with E-state index in [0.29, 0.717) is 11.5 Å². The normalized spacial score (nSPS) is 27.0. The van der Waals surface area contributed by atoms with Crippen molar-refractivity contribution >= 4 is 21.4 Å². The van der Waals surface area contributed by atoms with Crippen molar-refractivity contribution in [2.75, 3.05) is 18.1 Å². The lowest BCUT2D eigenvalue weighted by atomic mass is 9.71. The molecule has 1 aliphatic carbocycles. The Labute approximate surface area is 132 Å². The highest BCUT2D eigenvalue weighted by molar-refractivity contribution is 7.91. The summed E-state index contributed by atoms with van der Waals surface area (Å²) in [6.07, 6.45) is 5.28. The van der Waals surface area contributed by atoms with Crippen LogP contribution in [0.5, 0.6) is 0 Å². The summed E-state index contributed by atoms with van der Waals surface area (Å²) in [6, 6.07) is 8.05. The molecule has 5 heteroatoms. The fraction of sp³-hybridized carbons (Fsp3) is 0.625. The van der Waals surface area contributed by atoms with E-state index in [1.165, 1.54) is 12.0 Å². The Bertz CT molecular complexity index is 593. The lowest BCUT2D eigenvalue weighted by molar-refractivity contribution is 0.175. The van der Waals surface area contributed by atoms with Gasteiger partial charge in [-0.05, 0) is 62.3 Å². The molecule has 0 bridgehead atoms. The van der Waals surface area contributed by atoms with Gasteiger partial charge in [-0.1, -0.05) is 23.7 Å². The number of benzene rings is 1. The van der Waals surface area contributed by atoms with Gasteiger partial charge in [0.1, 0.15) is 0 Å². The van der Waals surface area contributed by atoms with Gasteiger partial charge in [-0.15, -0.1) is 0 Å². The molecule has 3 nitrogen and oxygen atoms in total. The number of hydrogen-bond acceptors (Lipinski definition) is 3. The molecule has 1 aliphatic heterocycles. The Morgan fingerprint density at radius 1 is 1.19 bits per heavy atom. The van der Waals surface area contributed by atoms with Gasteiger partial charge in [-0.25, -0.2) is 8.42 Å². The van der Waals surface area contributed by atoms with E-state index in [9.17, 15) is 8.42 Å². The SMILES string of the molecule is O=S1(=O)CCC[C@H](CNC2(c3ccc(Cl)cc3)CCC2)C1. The van der Waals surface area contributed by atoms with Crippen LogP contribution in [0.15, 0.2) is 24.3 Å². The van der Waals surface area contributed by atoms with E-state index < -0.39 is 9.84 Å². The van der Waals surface area contributed by atoms with E-state index in [0.717, 1.165) is 37.3 Å². The van der Waals surface area contributed by atoms with E-state index >= 15 is 0 Å². The Kier molecular flexibility index (Phi) is 4.30. The summed E-state index contributed by atoms with van der Waals surface area (Å²) < 4.78 is 23.5. The van der Waals surface area contributed by atoms with E-state index in [1.54, 1.807) is 0 Å². The number of hydrogen-bond donors (Lipinski definition) is 1. The van der Waals surface area contributed by atoms with Gasteiger partial charge in [0.2, 0.25) is 0 Å². The second kappa shape index (κ2) is 5.90. The molecule has 116 valence electrons. The highest BCUT2D eigenvalue weighted by atomic mass is 35.5. The van der Waals surface area contributed by atoms with E-state index in [2.05, 4.69) is 17.4 Å². The summed E-state index contributed by atoms with van der Waals surface area (Å²) in [5.41, 5.74) is 1.31. The first-order valence-electron chi connectivity index (χ1n) is 7.71. The molecular weight excluding hydrogens is 306 g/mol. The summed E-state index contributed by atoms with van der Waals surface area (Å²) >= 11 is 5.97. The maximum atomic E-state index is 11.7. The average Bonchev–Trinajstić information content (AvgIpc) is 2.38. The van der Waals surface area contributed by atoms with Gasteiger partial charge >= 0.3 is 0 Å². The van der Waals surface area contributed by atoms with Crippen molar-refractivity contribution in [2.45, 2.75) is 37.6 Å². The van der Waals surface area contributed by atoms with Crippen molar-refractivity contribution in [3.05, 3.63) is 34.9 Å². The third-order valence-electron chi connectivity index (χ3n) is 4.89. The predicted molar refractivity (Wildman–Crippen MR) is 86.4 cm³/mol. The first-order valence-corrected chi connectivity index (χ1v) is 9.91. The first kappa shape index (κ1) is 15.3. The third kappa shape index (κ3) is 3.43. The minimum Gasteiger partial charge on any atom is -0.307 e. The van der Waals surface area contributed by atoms with Crippen molar-refractivity contribution in [2.24, 2.45) is 5.92 Å². The lowest BCUT2D eigenvalue weighted by Gasteiger charge is -2.44. The molecule has 1 atom stereocenters. The number of halogens is 1. The third-order valence-corrected chi connectivity index (χ3v) is 7.03. The maximum Gasteiger partial charge on any atom is 0.150 e. The van der Waals surface area contributed by atoms with Crippen LogP contribution < -0.4 is 5.32 Å². The molecule has 1 saturated carbocycles. The molecule has 0 aromatic heterocycles. The summed E-state index contributed by atoms with van der Waals surface area (Å²) in [5, 5.41) is 4.42. The van der Waals surface area contributed by atoms with E-state index in [1.807, 2.05) is 12.1 Å². The fourth-order valence-corrected chi connectivity index (χ4v) is 5.39. The van der Waals surface area contributed by atoms with Crippen LogP contribution >= 0.6 is 11.6 Å². The second-order valence-electron chi connectivity index (χ2n) is 6.45. The van der Waals surface area contributed by atoms with Crippen LogP contribution in [0.4, 0.5) is 0 Å². The molecule has 1 N–H and O–H groups in total. The first-order chi connectivity index (χ1) is 9.99. The number of rotatable bonds is 4. The van der Waals surface area contributed by atoms with Crippen LogP contribution in [-0.4, -0.2) is 26.5 Å². The Morgan fingerprint density at radius 3 is 2.48 bits per heavy atom. The predicted octanol–water partition coefficient (Wildman–Crippen LogP) is 3.13. The zero-order valence-corrected chi connectivity index (χ0v) is 13.7. The molecule has 1 saturated heterocycles. The highest BCUT2D eigenvalue weighted by Gasteiger charge is 2.39. The van der Waals surface area contributed by atoms with Crippen LogP contribution in [-0.2, 0) is 15.4 Å². The maximum absolute atomic E-state index is 11.7. The Balaban J connectivity index is 1.66. The standard InChI is InChI=1S/C16H22ClNO2S/c17-15-6-4-14(5-7-15)16(8-2-9-16)18-11-13-3-1-10-21(19,20)12-13/h4-7,13,18H,1-3,8-12H2/t13-/m1/s1. The quantitative estimate of drug-likeness (QED) is 0.924. The molecule has 3 rings (SSSR count). The van der Waals surface area contributed by atoms with Gasteiger partial charge in [0.15, 0.2) is 9.84 Å². The van der Waals surface area contributed by atoms with Crippen molar-refractivity contribution < 1.29 is 8.42 Å². The van der Waals surface area contributed by atoms with E-state index in [4.69, 9.17) is 11.6 Å². The van der Waals surface area contributed by atoms with Gasteiger partial charge in [-0.2, -0.15) is 0 Å². The molecule has 2 aliphatic rings. The molecule has 0 spiro atoms. The zero-order chi connectivity index (χ0) is 14.9. The average molecular weight is 328 g/mol. The molecule has 1 aromatic carbocycles. The van der Waals surface area contributed by atoms with Gasteiger partial charge in [-0.3, -0.25) is 0 Å². The highest BCUT2D eigenvalue weighted by Crippen LogP contribution is 2.41. The Morgan fingerprint density at radius 2 is 1.90 bits per heavy atom. The van der Waals surface area contributed by atoms with Crippen molar-refractivity contribution in [3.63, 3.8) is 0 Å². The second-order valence-corrected chi connectivity index (χ2v) is 9.11. The fourth-order valence-electron chi connectivity index (χ4n) is 3.49. The number of nitrogens with one attached hydrogen (secondary N) is 1. The summed E-state index contributed by atoms with van der Waals surface area (Å²) in [4.78, 5) is 0. The summed E-state index contributed by atoms with van der Waals surface area (Å²) in [5.74, 6) is 0.969. The molecular formula is C16H22ClNO2S. The topological polar surface area (TPSA) is 46.2 Å². The van der Waals surface area contributed by atoms with Crippen LogP contribution in [0.3, 0.4) is 0 Å².